The van der Waals surface area contributed by atoms with Gasteiger partial charge in [0.05, 0.1) is 5.69 Å². The highest BCUT2D eigenvalue weighted by molar-refractivity contribution is 5.17. The zero-order valence-corrected chi connectivity index (χ0v) is 11.9. The van der Waals surface area contributed by atoms with Crippen molar-refractivity contribution in [2.75, 3.05) is 6.54 Å². The molecule has 4 nitrogen and oxygen atoms in total. The van der Waals surface area contributed by atoms with Crippen molar-refractivity contribution in [1.82, 2.24) is 20.1 Å². The van der Waals surface area contributed by atoms with Crippen LogP contribution in [0.4, 0.5) is 0 Å². The van der Waals surface area contributed by atoms with Gasteiger partial charge in [-0.1, -0.05) is 6.92 Å². The number of hydrogen-bond donors (Lipinski definition) is 1. The van der Waals surface area contributed by atoms with Gasteiger partial charge < -0.3 is 5.32 Å². The van der Waals surface area contributed by atoms with Gasteiger partial charge in [-0.2, -0.15) is 5.10 Å². The summed E-state index contributed by atoms with van der Waals surface area (Å²) in [6, 6.07) is 6.58. The minimum Gasteiger partial charge on any atom is -0.309 e. The largest absolute Gasteiger partial charge is 0.309 e. The maximum absolute atomic E-state index is 4.50. The maximum atomic E-state index is 4.50. The third kappa shape index (κ3) is 3.64. The van der Waals surface area contributed by atoms with E-state index in [1.54, 1.807) is 0 Å². The van der Waals surface area contributed by atoms with Gasteiger partial charge in [-0.3, -0.25) is 9.67 Å². The van der Waals surface area contributed by atoms with Crippen LogP contribution in [-0.4, -0.2) is 21.3 Å². The molecule has 102 valence electrons. The standard InChI is InChI=1S/C15H22N4/c1-4-16-14(15-11-12(2)7-9-17-15)6-5-13-8-10-18-19(13)3/h7-11,14,16H,4-6H2,1-3H3. The van der Waals surface area contributed by atoms with Gasteiger partial charge in [0, 0.05) is 31.2 Å². The molecule has 1 unspecified atom stereocenters. The molecule has 0 amide bonds. The molecule has 0 aliphatic heterocycles. The molecule has 4 heteroatoms. The van der Waals surface area contributed by atoms with E-state index in [2.05, 4.69) is 41.4 Å². The normalized spacial score (nSPS) is 12.6. The van der Waals surface area contributed by atoms with Crippen LogP contribution < -0.4 is 5.32 Å². The lowest BCUT2D eigenvalue weighted by Crippen LogP contribution is -2.22. The van der Waals surface area contributed by atoms with Crippen LogP contribution in [0.25, 0.3) is 0 Å². The smallest absolute Gasteiger partial charge is 0.0575 e. The summed E-state index contributed by atoms with van der Waals surface area (Å²) in [5.41, 5.74) is 3.65. The predicted octanol–water partition coefficient (Wildman–Crippen LogP) is 2.41. The van der Waals surface area contributed by atoms with E-state index in [1.165, 1.54) is 11.3 Å². The van der Waals surface area contributed by atoms with Crippen LogP contribution in [-0.2, 0) is 13.5 Å². The van der Waals surface area contributed by atoms with E-state index in [0.717, 1.165) is 25.1 Å². The van der Waals surface area contributed by atoms with E-state index < -0.39 is 0 Å². The Morgan fingerprint density at radius 3 is 2.79 bits per heavy atom. The molecule has 19 heavy (non-hydrogen) atoms. The van der Waals surface area contributed by atoms with Gasteiger partial charge in [-0.05, 0) is 50.1 Å². The van der Waals surface area contributed by atoms with Crippen molar-refractivity contribution in [2.24, 2.45) is 7.05 Å². The molecule has 2 rings (SSSR count). The van der Waals surface area contributed by atoms with Gasteiger partial charge >= 0.3 is 0 Å². The molecule has 0 saturated heterocycles. The lowest BCUT2D eigenvalue weighted by molar-refractivity contribution is 0.495. The van der Waals surface area contributed by atoms with Crippen molar-refractivity contribution in [1.29, 1.82) is 0 Å². The van der Waals surface area contributed by atoms with E-state index in [0.29, 0.717) is 6.04 Å². The third-order valence-electron chi connectivity index (χ3n) is 3.36. The zero-order chi connectivity index (χ0) is 13.7. The summed E-state index contributed by atoms with van der Waals surface area (Å²) in [6.07, 6.45) is 5.77. The number of nitrogens with zero attached hydrogens (tertiary/aromatic N) is 3. The topological polar surface area (TPSA) is 42.7 Å². The Bertz CT molecular complexity index is 518. The first kappa shape index (κ1) is 13.7. The summed E-state index contributed by atoms with van der Waals surface area (Å²) in [5, 5.41) is 7.72. The summed E-state index contributed by atoms with van der Waals surface area (Å²) in [5.74, 6) is 0. The minimum atomic E-state index is 0.305. The Kier molecular flexibility index (Phi) is 4.68. The van der Waals surface area contributed by atoms with Crippen molar-refractivity contribution in [2.45, 2.75) is 32.7 Å². The van der Waals surface area contributed by atoms with Crippen LogP contribution in [0.3, 0.4) is 0 Å². The molecule has 2 aromatic heterocycles. The van der Waals surface area contributed by atoms with Gasteiger partial charge in [0.25, 0.3) is 0 Å². The lowest BCUT2D eigenvalue weighted by atomic mass is 10.0. The molecule has 0 aromatic carbocycles. The number of aromatic nitrogens is 3. The van der Waals surface area contributed by atoms with Crippen LogP contribution in [0.5, 0.6) is 0 Å². The Morgan fingerprint density at radius 1 is 1.32 bits per heavy atom. The highest BCUT2D eigenvalue weighted by atomic mass is 15.2. The number of aryl methyl sites for hydroxylation is 3. The molecule has 0 aliphatic rings. The van der Waals surface area contributed by atoms with Crippen molar-refractivity contribution < 1.29 is 0 Å². The van der Waals surface area contributed by atoms with Gasteiger partial charge in [0.15, 0.2) is 0 Å². The van der Waals surface area contributed by atoms with Gasteiger partial charge in [0.2, 0.25) is 0 Å². The minimum absolute atomic E-state index is 0.305. The second kappa shape index (κ2) is 6.48. The molecule has 0 saturated carbocycles. The average molecular weight is 258 g/mol. The van der Waals surface area contributed by atoms with E-state index in [1.807, 2.05) is 30.2 Å². The second-order valence-electron chi connectivity index (χ2n) is 4.85. The first-order valence-corrected chi connectivity index (χ1v) is 6.83. The fourth-order valence-corrected chi connectivity index (χ4v) is 2.29. The lowest BCUT2D eigenvalue weighted by Gasteiger charge is -2.17. The molecule has 0 bridgehead atoms. The van der Waals surface area contributed by atoms with E-state index in [9.17, 15) is 0 Å². The van der Waals surface area contributed by atoms with E-state index in [-0.39, 0.29) is 0 Å². The molecule has 1 atom stereocenters. The monoisotopic (exact) mass is 258 g/mol. The number of nitrogens with one attached hydrogen (secondary N) is 1. The van der Waals surface area contributed by atoms with Gasteiger partial charge in [-0.25, -0.2) is 0 Å². The summed E-state index contributed by atoms with van der Waals surface area (Å²) >= 11 is 0. The zero-order valence-electron chi connectivity index (χ0n) is 11.9. The summed E-state index contributed by atoms with van der Waals surface area (Å²) in [7, 11) is 1.99. The summed E-state index contributed by atoms with van der Waals surface area (Å²) in [4.78, 5) is 4.50. The Labute approximate surface area is 114 Å². The van der Waals surface area contributed by atoms with Crippen molar-refractivity contribution >= 4 is 0 Å². The van der Waals surface area contributed by atoms with Crippen molar-refractivity contribution in [3.63, 3.8) is 0 Å². The first-order chi connectivity index (χ1) is 9.20. The number of pyridine rings is 1. The SMILES string of the molecule is CCNC(CCc1ccnn1C)c1cc(C)ccn1. The Hall–Kier alpha value is -1.68. The molecule has 0 radical (unpaired) electrons. The van der Waals surface area contributed by atoms with Crippen LogP contribution >= 0.6 is 0 Å². The fourth-order valence-electron chi connectivity index (χ4n) is 2.29. The molecule has 2 heterocycles. The maximum Gasteiger partial charge on any atom is 0.0575 e. The Balaban J connectivity index is 2.06. The van der Waals surface area contributed by atoms with Crippen LogP contribution in [0.1, 0.15) is 36.3 Å². The van der Waals surface area contributed by atoms with Crippen molar-refractivity contribution in [3.8, 4) is 0 Å². The molecular formula is C15H22N4. The quantitative estimate of drug-likeness (QED) is 0.865. The van der Waals surface area contributed by atoms with Gasteiger partial charge in [0.1, 0.15) is 0 Å². The number of rotatable bonds is 6. The van der Waals surface area contributed by atoms with Crippen LogP contribution in [0.2, 0.25) is 0 Å². The number of hydrogen-bond acceptors (Lipinski definition) is 3. The molecule has 2 aromatic rings. The molecule has 0 fully saturated rings. The molecular weight excluding hydrogens is 236 g/mol. The van der Waals surface area contributed by atoms with E-state index in [4.69, 9.17) is 0 Å². The third-order valence-corrected chi connectivity index (χ3v) is 3.36. The average Bonchev–Trinajstić information content (AvgIpc) is 2.80. The fraction of sp³-hybridized carbons (Fsp3) is 0.467. The highest BCUT2D eigenvalue weighted by Gasteiger charge is 2.12. The predicted molar refractivity (Wildman–Crippen MR) is 76.9 cm³/mol. The van der Waals surface area contributed by atoms with Crippen molar-refractivity contribution in [3.05, 3.63) is 47.5 Å². The molecule has 0 spiro atoms. The molecule has 1 N–H and O–H groups in total. The summed E-state index contributed by atoms with van der Waals surface area (Å²) in [6.45, 7) is 5.19. The van der Waals surface area contributed by atoms with E-state index >= 15 is 0 Å². The van der Waals surface area contributed by atoms with Gasteiger partial charge in [-0.15, -0.1) is 0 Å². The highest BCUT2D eigenvalue weighted by Crippen LogP contribution is 2.18. The molecule has 0 aliphatic carbocycles. The summed E-state index contributed by atoms with van der Waals surface area (Å²) < 4.78 is 1.94. The first-order valence-electron chi connectivity index (χ1n) is 6.83. The second-order valence-corrected chi connectivity index (χ2v) is 4.85. The van der Waals surface area contributed by atoms with Crippen LogP contribution in [0, 0.1) is 6.92 Å². The Morgan fingerprint density at radius 2 is 2.16 bits per heavy atom. The van der Waals surface area contributed by atoms with Crippen LogP contribution in [0.15, 0.2) is 30.6 Å².